The first kappa shape index (κ1) is 35.2. The zero-order valence-corrected chi connectivity index (χ0v) is 30.3. The number of piperazine rings is 1. The number of rotatable bonds is 11. The van der Waals surface area contributed by atoms with Crippen molar-refractivity contribution in [3.63, 3.8) is 0 Å². The average molecular weight is 729 g/mol. The quantitative estimate of drug-likeness (QED) is 0.115. The van der Waals surface area contributed by atoms with E-state index in [2.05, 4.69) is 61.6 Å². The number of imide groups is 1. The monoisotopic (exact) mass is 728 g/mol. The summed E-state index contributed by atoms with van der Waals surface area (Å²) < 4.78 is 3.24. The molecule has 5 aromatic rings. The third-order valence-electron chi connectivity index (χ3n) is 10.8. The number of aryl methyl sites for hydroxylation is 1. The molecule has 5 heterocycles. The minimum atomic E-state index is -0.992. The molecular weight excluding hydrogens is 685 g/mol. The Hall–Kier alpha value is -5.86. The zero-order chi connectivity index (χ0) is 37.4. The van der Waals surface area contributed by atoms with E-state index >= 15 is 0 Å². The van der Waals surface area contributed by atoms with E-state index in [1.165, 1.54) is 5.56 Å². The molecule has 2 aliphatic heterocycles. The molecule has 14 nitrogen and oxygen atoms in total. The largest absolute Gasteiger partial charge is 0.384 e. The first-order valence-corrected chi connectivity index (χ1v) is 18.6. The van der Waals surface area contributed by atoms with E-state index in [1.807, 2.05) is 43.3 Å². The van der Waals surface area contributed by atoms with Crippen molar-refractivity contribution in [3.8, 4) is 5.82 Å². The van der Waals surface area contributed by atoms with E-state index < -0.39 is 11.6 Å². The summed E-state index contributed by atoms with van der Waals surface area (Å²) in [4.78, 5) is 56.0. The van der Waals surface area contributed by atoms with Gasteiger partial charge in [-0.3, -0.25) is 24.6 Å². The Bertz CT molecular complexity index is 2280. The Labute approximate surface area is 312 Å². The van der Waals surface area contributed by atoms with Crippen LogP contribution in [0.3, 0.4) is 0 Å². The maximum absolute atomic E-state index is 13.5. The van der Waals surface area contributed by atoms with Crippen molar-refractivity contribution in [1.82, 2.24) is 34.5 Å². The topological polar surface area (TPSA) is 163 Å². The summed E-state index contributed by atoms with van der Waals surface area (Å²) in [6.45, 7) is 10.5. The number of carbonyl (C=O) groups excluding carboxylic acids is 2. The van der Waals surface area contributed by atoms with Gasteiger partial charge >= 0.3 is 0 Å². The second kappa shape index (κ2) is 14.5. The third kappa shape index (κ3) is 6.85. The highest BCUT2D eigenvalue weighted by molar-refractivity contribution is 6.01. The normalized spacial score (nSPS) is 20.2. The smallest absolute Gasteiger partial charge is 0.278 e. The molecule has 4 N–H and O–H groups in total. The van der Waals surface area contributed by atoms with Crippen LogP contribution in [0, 0.1) is 0 Å². The number of amides is 2. The van der Waals surface area contributed by atoms with Crippen molar-refractivity contribution in [1.29, 1.82) is 0 Å². The Kier molecular flexibility index (Phi) is 9.46. The molecule has 1 unspecified atom stereocenters. The van der Waals surface area contributed by atoms with Gasteiger partial charge in [0, 0.05) is 62.4 Å². The summed E-state index contributed by atoms with van der Waals surface area (Å²) in [6.07, 6.45) is 5.98. The second-order valence-corrected chi connectivity index (χ2v) is 14.3. The lowest BCUT2D eigenvalue weighted by atomic mass is 9.98. The van der Waals surface area contributed by atoms with Crippen LogP contribution in [0.5, 0.6) is 0 Å². The van der Waals surface area contributed by atoms with Crippen LogP contribution >= 0.6 is 0 Å². The second-order valence-electron chi connectivity index (χ2n) is 14.3. The van der Waals surface area contributed by atoms with Gasteiger partial charge in [0.1, 0.15) is 17.0 Å². The van der Waals surface area contributed by atoms with Gasteiger partial charge in [-0.05, 0) is 79.3 Å². The molecule has 54 heavy (non-hydrogen) atoms. The summed E-state index contributed by atoms with van der Waals surface area (Å²) >= 11 is 0. The number of aromatic nitrogens is 5. The molecule has 0 radical (unpaired) electrons. The molecule has 3 aliphatic rings. The van der Waals surface area contributed by atoms with Gasteiger partial charge < -0.3 is 20.6 Å². The van der Waals surface area contributed by atoms with E-state index in [-0.39, 0.29) is 23.9 Å². The van der Waals surface area contributed by atoms with Crippen molar-refractivity contribution in [2.75, 3.05) is 41.7 Å². The molecule has 278 valence electrons. The van der Waals surface area contributed by atoms with Gasteiger partial charge in [-0.15, -0.1) is 6.58 Å². The highest BCUT2D eigenvalue weighted by atomic mass is 16.3. The Morgan fingerprint density at radius 3 is 2.44 bits per heavy atom. The Balaban J connectivity index is 0.908. The van der Waals surface area contributed by atoms with Gasteiger partial charge in [0.15, 0.2) is 11.5 Å². The van der Waals surface area contributed by atoms with Crippen LogP contribution in [0.2, 0.25) is 0 Å². The standard InChI is InChI=1S/C40H44N10O4/c1-3-19-49-38(53)31-24-41-39(46-36(31)50(49)33-15-7-27-17-18-40(54,4-2)35(27)44-33)43-29-8-5-26(6-9-29)25-47-20-22-48(23-21-47)30-12-10-28(11-13-30)42-32-14-16-34(51)45-37(32)52/h3,5-13,15,24,32,42,54H,1,4,14,16-23,25H2,2H3,(H,41,43,46)(H,45,51,52)/t32?,40-/m1/s1. The summed E-state index contributed by atoms with van der Waals surface area (Å²) in [7, 11) is 0. The predicted molar refractivity (Wildman–Crippen MR) is 207 cm³/mol. The minimum Gasteiger partial charge on any atom is -0.384 e. The number of allylic oxidation sites excluding steroid dienone is 1. The van der Waals surface area contributed by atoms with Gasteiger partial charge in [-0.1, -0.05) is 31.2 Å². The highest BCUT2D eigenvalue weighted by Gasteiger charge is 2.37. The lowest BCUT2D eigenvalue weighted by Crippen LogP contribution is -2.47. The number of anilines is 4. The molecule has 14 heteroatoms. The summed E-state index contributed by atoms with van der Waals surface area (Å²) in [5.41, 5.74) is 4.87. The molecule has 1 aliphatic carbocycles. The Morgan fingerprint density at radius 2 is 1.72 bits per heavy atom. The van der Waals surface area contributed by atoms with Gasteiger partial charge in [-0.2, -0.15) is 4.98 Å². The number of nitrogens with one attached hydrogen (secondary N) is 3. The summed E-state index contributed by atoms with van der Waals surface area (Å²) in [5.74, 6) is 0.361. The molecule has 3 aromatic heterocycles. The first-order valence-electron chi connectivity index (χ1n) is 18.6. The molecule has 2 fully saturated rings. The number of fused-ring (bicyclic) bond motifs is 2. The van der Waals surface area contributed by atoms with Gasteiger partial charge in [0.25, 0.3) is 5.56 Å². The van der Waals surface area contributed by atoms with E-state index in [0.717, 1.165) is 61.8 Å². The third-order valence-corrected chi connectivity index (χ3v) is 10.8. The van der Waals surface area contributed by atoms with Crippen LogP contribution in [0.4, 0.5) is 23.0 Å². The first-order chi connectivity index (χ1) is 26.2. The average Bonchev–Trinajstić information content (AvgIpc) is 3.66. The van der Waals surface area contributed by atoms with Crippen LogP contribution < -0.4 is 26.4 Å². The predicted octanol–water partition coefficient (Wildman–Crippen LogP) is 3.99. The number of hydrogen-bond donors (Lipinski definition) is 4. The Morgan fingerprint density at radius 1 is 0.963 bits per heavy atom. The lowest BCUT2D eigenvalue weighted by Gasteiger charge is -2.36. The SMILES string of the molecule is C=CCn1c(=O)c2cnc(Nc3ccc(CN4CCN(c5ccc(NC6CCC(=O)NC6=O)cc5)CC4)cc3)nc2n1-c1ccc2c(n1)[C@@](O)(CC)CC2. The molecular formula is C40H44N10O4. The summed E-state index contributed by atoms with van der Waals surface area (Å²) in [5, 5.41) is 20.5. The van der Waals surface area contributed by atoms with Crippen LogP contribution in [-0.4, -0.2) is 78.4 Å². The number of hydrogen-bond acceptors (Lipinski definition) is 11. The van der Waals surface area contributed by atoms with Gasteiger partial charge in [-0.25, -0.2) is 19.3 Å². The number of aliphatic hydroxyl groups is 1. The molecule has 2 saturated heterocycles. The van der Waals surface area contributed by atoms with Crippen molar-refractivity contribution in [2.45, 2.75) is 63.8 Å². The van der Waals surface area contributed by atoms with Crippen molar-refractivity contribution in [3.05, 3.63) is 107 Å². The minimum absolute atomic E-state index is 0.218. The zero-order valence-electron chi connectivity index (χ0n) is 30.3. The number of piperidine rings is 1. The number of nitrogens with zero attached hydrogens (tertiary/aromatic N) is 7. The van der Waals surface area contributed by atoms with Crippen molar-refractivity contribution < 1.29 is 14.7 Å². The van der Waals surface area contributed by atoms with Crippen LogP contribution in [0.15, 0.2) is 84.3 Å². The van der Waals surface area contributed by atoms with E-state index in [0.29, 0.717) is 54.2 Å². The fourth-order valence-electron chi connectivity index (χ4n) is 7.66. The van der Waals surface area contributed by atoms with E-state index in [9.17, 15) is 19.5 Å². The van der Waals surface area contributed by atoms with Crippen LogP contribution in [0.25, 0.3) is 16.9 Å². The molecule has 0 saturated carbocycles. The fourth-order valence-corrected chi connectivity index (χ4v) is 7.66. The lowest BCUT2D eigenvalue weighted by molar-refractivity contribution is -0.133. The molecule has 2 atom stereocenters. The molecule has 0 spiro atoms. The molecule has 2 aromatic carbocycles. The van der Waals surface area contributed by atoms with E-state index in [4.69, 9.17) is 9.97 Å². The van der Waals surface area contributed by atoms with Crippen molar-refractivity contribution in [2.24, 2.45) is 0 Å². The maximum atomic E-state index is 13.5. The number of pyridine rings is 1. The highest BCUT2D eigenvalue weighted by Crippen LogP contribution is 2.38. The van der Waals surface area contributed by atoms with E-state index in [1.54, 1.807) is 21.6 Å². The maximum Gasteiger partial charge on any atom is 0.278 e. The van der Waals surface area contributed by atoms with Crippen LogP contribution in [0.1, 0.15) is 49.4 Å². The fraction of sp³-hybridized carbons (Fsp3) is 0.350. The molecule has 8 rings (SSSR count). The van der Waals surface area contributed by atoms with Gasteiger partial charge in [0.2, 0.25) is 17.8 Å². The molecule has 0 bridgehead atoms. The molecule has 2 amide bonds. The number of benzene rings is 2. The van der Waals surface area contributed by atoms with Crippen LogP contribution in [-0.2, 0) is 34.7 Å². The number of carbonyl (C=O) groups is 2. The van der Waals surface area contributed by atoms with Crippen molar-refractivity contribution >= 4 is 45.9 Å². The summed E-state index contributed by atoms with van der Waals surface area (Å²) in [6, 6.07) is 19.8. The van der Waals surface area contributed by atoms with Gasteiger partial charge in [0.05, 0.1) is 12.2 Å².